The molecule has 1 fully saturated rings. The molecule has 0 saturated carbocycles. The minimum atomic E-state index is -0.434. The van der Waals surface area contributed by atoms with Gasteiger partial charge in [-0.2, -0.15) is 0 Å². The number of thioether (sulfide) groups is 1. The van der Waals surface area contributed by atoms with E-state index in [2.05, 4.69) is 5.32 Å². The summed E-state index contributed by atoms with van der Waals surface area (Å²) < 4.78 is 13.3. The van der Waals surface area contributed by atoms with Crippen LogP contribution in [-0.2, 0) is 9.59 Å². The number of amides is 2. The zero-order chi connectivity index (χ0) is 13.1. The largest absolute Gasteiger partial charge is 0.324 e. The van der Waals surface area contributed by atoms with Crippen molar-refractivity contribution < 1.29 is 14.0 Å². The van der Waals surface area contributed by atoms with E-state index in [9.17, 15) is 14.0 Å². The summed E-state index contributed by atoms with van der Waals surface area (Å²) >= 11 is 6.18. The number of carbonyl (C=O) groups excluding carboxylic acids is 2. The molecule has 1 N–H and O–H groups in total. The molecule has 0 bridgehead atoms. The first-order valence-corrected chi connectivity index (χ1v) is 6.48. The van der Waals surface area contributed by atoms with Crippen LogP contribution in [0.15, 0.2) is 24.3 Å². The van der Waals surface area contributed by atoms with Crippen molar-refractivity contribution in [3.63, 3.8) is 0 Å². The van der Waals surface area contributed by atoms with Gasteiger partial charge in [0.15, 0.2) is 0 Å². The van der Waals surface area contributed by atoms with Crippen LogP contribution in [-0.4, -0.2) is 33.3 Å². The number of carbonyl (C=O) groups is 2. The lowest BCUT2D eigenvalue weighted by Gasteiger charge is -2.14. The van der Waals surface area contributed by atoms with E-state index in [1.165, 1.54) is 34.9 Å². The molecule has 0 aromatic heterocycles. The molecule has 1 heterocycles. The van der Waals surface area contributed by atoms with Gasteiger partial charge in [0, 0.05) is 5.69 Å². The highest BCUT2D eigenvalue weighted by atomic mass is 32.2. The van der Waals surface area contributed by atoms with Crippen LogP contribution < -0.4 is 5.32 Å². The molecule has 18 heavy (non-hydrogen) atoms. The van der Waals surface area contributed by atoms with Crippen molar-refractivity contribution in [2.24, 2.45) is 0 Å². The Labute approximate surface area is 113 Å². The summed E-state index contributed by atoms with van der Waals surface area (Å²) in [6.07, 6.45) is 0. The molecule has 7 heteroatoms. The molecule has 1 aliphatic heterocycles. The third-order valence-electron chi connectivity index (χ3n) is 2.25. The summed E-state index contributed by atoms with van der Waals surface area (Å²) in [7, 11) is 0. The van der Waals surface area contributed by atoms with Crippen LogP contribution in [0.3, 0.4) is 0 Å². The van der Waals surface area contributed by atoms with Crippen molar-refractivity contribution in [2.45, 2.75) is 0 Å². The van der Waals surface area contributed by atoms with Gasteiger partial charge in [0.05, 0.1) is 5.75 Å². The van der Waals surface area contributed by atoms with Gasteiger partial charge < -0.3 is 5.32 Å². The number of hydrogen-bond donors (Lipinski definition) is 1. The summed E-state index contributed by atoms with van der Waals surface area (Å²) in [5.74, 6) is -0.749. The molecule has 4 nitrogen and oxygen atoms in total. The smallest absolute Gasteiger partial charge is 0.244 e. The van der Waals surface area contributed by atoms with E-state index in [1.54, 1.807) is 6.07 Å². The van der Waals surface area contributed by atoms with E-state index in [0.29, 0.717) is 10.0 Å². The van der Waals surface area contributed by atoms with Gasteiger partial charge in [0.2, 0.25) is 11.8 Å². The Hall–Kier alpha value is -1.47. The maximum absolute atomic E-state index is 12.9. The second kappa shape index (κ2) is 5.45. The molecule has 94 valence electrons. The fourth-order valence-corrected chi connectivity index (χ4v) is 2.51. The lowest BCUT2D eigenvalue weighted by atomic mass is 10.3. The molecule has 1 aromatic rings. The van der Waals surface area contributed by atoms with Crippen molar-refractivity contribution in [1.82, 2.24) is 4.90 Å². The van der Waals surface area contributed by atoms with E-state index >= 15 is 0 Å². The number of benzene rings is 1. The highest BCUT2D eigenvalue weighted by Gasteiger charge is 2.28. The van der Waals surface area contributed by atoms with Crippen LogP contribution >= 0.6 is 24.0 Å². The monoisotopic (exact) mass is 284 g/mol. The molecule has 1 aliphatic rings. The zero-order valence-corrected chi connectivity index (χ0v) is 10.8. The van der Waals surface area contributed by atoms with Crippen molar-refractivity contribution in [1.29, 1.82) is 0 Å². The average molecular weight is 284 g/mol. The Bertz CT molecular complexity index is 506. The number of nitrogens with zero attached hydrogens (tertiary/aromatic N) is 1. The molecule has 0 unspecified atom stereocenters. The fourth-order valence-electron chi connectivity index (χ4n) is 1.44. The Morgan fingerprint density at radius 3 is 2.94 bits per heavy atom. The first kappa shape index (κ1) is 13.0. The predicted molar refractivity (Wildman–Crippen MR) is 71.8 cm³/mol. The normalized spacial score (nSPS) is 15.1. The maximum atomic E-state index is 12.9. The van der Waals surface area contributed by atoms with E-state index in [-0.39, 0.29) is 18.2 Å². The Morgan fingerprint density at radius 2 is 2.33 bits per heavy atom. The van der Waals surface area contributed by atoms with E-state index in [1.807, 2.05) is 0 Å². The summed E-state index contributed by atoms with van der Waals surface area (Å²) in [4.78, 5) is 24.3. The fraction of sp³-hybridized carbons (Fsp3) is 0.182. The van der Waals surface area contributed by atoms with Crippen molar-refractivity contribution in [3.8, 4) is 0 Å². The molecule has 0 spiro atoms. The average Bonchev–Trinajstić information content (AvgIpc) is 2.61. The first-order valence-electron chi connectivity index (χ1n) is 5.09. The predicted octanol–water partition coefficient (Wildman–Crippen LogP) is 1.62. The van der Waals surface area contributed by atoms with E-state index < -0.39 is 11.7 Å². The third kappa shape index (κ3) is 3.05. The van der Waals surface area contributed by atoms with Gasteiger partial charge >= 0.3 is 0 Å². The standard InChI is InChI=1S/C11H9FN2O2S2/c12-7-2-1-3-8(4-7)13-9(15)5-14-10(16)6-18-11(14)17/h1-4H,5-6H2,(H,13,15). The van der Waals surface area contributed by atoms with E-state index in [0.717, 1.165) is 0 Å². The molecule has 1 saturated heterocycles. The van der Waals surface area contributed by atoms with Gasteiger partial charge in [-0.05, 0) is 18.2 Å². The zero-order valence-electron chi connectivity index (χ0n) is 9.18. The van der Waals surface area contributed by atoms with Gasteiger partial charge in [0.25, 0.3) is 0 Å². The number of thiocarbonyl (C=S) groups is 1. The Kier molecular flexibility index (Phi) is 3.93. The van der Waals surface area contributed by atoms with Crippen molar-refractivity contribution >= 4 is 45.8 Å². The van der Waals surface area contributed by atoms with Crippen LogP contribution in [0.5, 0.6) is 0 Å². The summed E-state index contributed by atoms with van der Waals surface area (Å²) in [5.41, 5.74) is 0.352. The van der Waals surface area contributed by atoms with Crippen LogP contribution in [0.25, 0.3) is 0 Å². The molecule has 0 radical (unpaired) electrons. The second-order valence-electron chi connectivity index (χ2n) is 3.59. The highest BCUT2D eigenvalue weighted by molar-refractivity contribution is 8.23. The van der Waals surface area contributed by atoms with Crippen LogP contribution in [0.2, 0.25) is 0 Å². The van der Waals surface area contributed by atoms with Crippen molar-refractivity contribution in [2.75, 3.05) is 17.6 Å². The SMILES string of the molecule is O=C(CN1C(=O)CSC1=S)Nc1cccc(F)c1. The van der Waals surface area contributed by atoms with Crippen molar-refractivity contribution in [3.05, 3.63) is 30.1 Å². The molecule has 0 atom stereocenters. The second-order valence-corrected chi connectivity index (χ2v) is 5.20. The highest BCUT2D eigenvalue weighted by Crippen LogP contribution is 2.19. The third-order valence-corrected chi connectivity index (χ3v) is 3.68. The number of anilines is 1. The number of hydrogen-bond acceptors (Lipinski definition) is 4. The van der Waals surface area contributed by atoms with Gasteiger partial charge in [0.1, 0.15) is 16.7 Å². The summed E-state index contributed by atoms with van der Waals surface area (Å²) in [6, 6.07) is 5.55. The van der Waals surface area contributed by atoms with Gasteiger partial charge in [-0.3, -0.25) is 14.5 Å². The lowest BCUT2D eigenvalue weighted by Crippen LogP contribution is -2.36. The van der Waals surface area contributed by atoms with Gasteiger partial charge in [-0.25, -0.2) is 4.39 Å². The topological polar surface area (TPSA) is 49.4 Å². The van der Waals surface area contributed by atoms with Crippen LogP contribution in [0.1, 0.15) is 0 Å². The first-order chi connectivity index (χ1) is 8.56. The summed E-state index contributed by atoms with van der Waals surface area (Å²) in [5, 5.41) is 2.51. The number of nitrogens with one attached hydrogen (secondary N) is 1. The Morgan fingerprint density at radius 1 is 1.56 bits per heavy atom. The van der Waals surface area contributed by atoms with Crippen LogP contribution in [0.4, 0.5) is 10.1 Å². The maximum Gasteiger partial charge on any atom is 0.244 e. The number of halogens is 1. The Balaban J connectivity index is 1.97. The molecule has 2 rings (SSSR count). The number of rotatable bonds is 3. The molecule has 0 aliphatic carbocycles. The quantitative estimate of drug-likeness (QED) is 0.857. The van der Waals surface area contributed by atoms with Crippen LogP contribution in [0, 0.1) is 5.82 Å². The minimum absolute atomic E-state index is 0.138. The molecule has 2 amide bonds. The molecular formula is C11H9FN2O2S2. The van der Waals surface area contributed by atoms with Gasteiger partial charge in [-0.1, -0.05) is 30.0 Å². The molecule has 1 aromatic carbocycles. The van der Waals surface area contributed by atoms with Gasteiger partial charge in [-0.15, -0.1) is 0 Å². The molecular weight excluding hydrogens is 275 g/mol. The lowest BCUT2D eigenvalue weighted by molar-refractivity contribution is -0.127. The summed E-state index contributed by atoms with van der Waals surface area (Å²) in [6.45, 7) is -0.138. The van der Waals surface area contributed by atoms with E-state index in [4.69, 9.17) is 12.2 Å². The minimum Gasteiger partial charge on any atom is -0.324 e.